The van der Waals surface area contributed by atoms with Crippen LogP contribution in [0.5, 0.6) is 5.75 Å². The maximum Gasteiger partial charge on any atom is 0.321 e. The quantitative estimate of drug-likeness (QED) is 0.344. The minimum atomic E-state index is -0.0863. The summed E-state index contributed by atoms with van der Waals surface area (Å²) in [6, 6.07) is 21.6. The number of methoxy groups -OCH3 is 1. The van der Waals surface area contributed by atoms with Gasteiger partial charge in [-0.25, -0.2) is 4.79 Å². The van der Waals surface area contributed by atoms with Crippen LogP contribution in [0.1, 0.15) is 5.56 Å². The lowest BCUT2D eigenvalue weighted by molar-refractivity contribution is 0.143. The molecule has 8 heteroatoms. The highest BCUT2D eigenvalue weighted by atomic mass is 35.5. The number of piperazine rings is 1. The van der Waals surface area contributed by atoms with Crippen LogP contribution in [0.3, 0.4) is 0 Å². The zero-order valence-electron chi connectivity index (χ0n) is 19.4. The first kappa shape index (κ1) is 23.5. The van der Waals surface area contributed by atoms with Crippen LogP contribution in [-0.4, -0.2) is 53.7 Å². The number of benzene rings is 3. The third kappa shape index (κ3) is 5.10. The van der Waals surface area contributed by atoms with E-state index in [1.54, 1.807) is 7.11 Å². The Balaban J connectivity index is 1.26. The summed E-state index contributed by atoms with van der Waals surface area (Å²) in [6.45, 7) is 3.68. The first-order valence-corrected chi connectivity index (χ1v) is 12.2. The van der Waals surface area contributed by atoms with Crippen molar-refractivity contribution in [1.29, 1.82) is 0 Å². The van der Waals surface area contributed by atoms with E-state index >= 15 is 0 Å². The Morgan fingerprint density at radius 3 is 2.40 bits per heavy atom. The number of aromatic nitrogens is 1. The molecule has 0 unspecified atom stereocenters. The number of amides is 2. The fraction of sp³-hybridized carbons (Fsp3) is 0.222. The molecule has 0 spiro atoms. The predicted molar refractivity (Wildman–Crippen MR) is 142 cm³/mol. The van der Waals surface area contributed by atoms with E-state index in [0.717, 1.165) is 53.2 Å². The highest BCUT2D eigenvalue weighted by Crippen LogP contribution is 2.30. The molecule has 0 aliphatic carbocycles. The summed E-state index contributed by atoms with van der Waals surface area (Å²) in [7, 11) is 1.65. The Labute approximate surface area is 214 Å². The van der Waals surface area contributed by atoms with E-state index in [9.17, 15) is 4.79 Å². The molecule has 1 N–H and O–H groups in total. The Kier molecular flexibility index (Phi) is 6.86. The second kappa shape index (κ2) is 10.2. The smallest absolute Gasteiger partial charge is 0.321 e. The number of fused-ring (bicyclic) bond motifs is 1. The summed E-state index contributed by atoms with van der Waals surface area (Å²) in [6.07, 6.45) is 1.98. The van der Waals surface area contributed by atoms with Gasteiger partial charge in [0.15, 0.2) is 0 Å². The average Bonchev–Trinajstić information content (AvgIpc) is 3.25. The van der Waals surface area contributed by atoms with Crippen molar-refractivity contribution in [2.75, 3.05) is 38.6 Å². The molecule has 1 aliphatic heterocycles. The fourth-order valence-corrected chi connectivity index (χ4v) is 4.76. The summed E-state index contributed by atoms with van der Waals surface area (Å²) in [5, 5.41) is 5.26. The van der Waals surface area contributed by atoms with Gasteiger partial charge in [-0.05, 0) is 48.0 Å². The SMILES string of the molecule is COc1ccc(-n2cc(NC(=O)N3CCN(Cc4ccc(Cl)c(Cl)c4)CC3)c3ccccc32)cc1. The van der Waals surface area contributed by atoms with Crippen molar-refractivity contribution in [3.8, 4) is 11.4 Å². The zero-order chi connectivity index (χ0) is 24.4. The standard InChI is InChI=1S/C27H26Cl2N4O2/c1-35-21-9-7-20(8-10-21)33-18-25(22-4-2-3-5-26(22)33)30-27(34)32-14-12-31(13-15-32)17-19-6-11-23(28)24(29)16-19/h2-11,16,18H,12-15,17H2,1H3,(H,30,34). The number of anilines is 1. The number of ether oxygens (including phenoxy) is 1. The molecule has 2 amide bonds. The maximum absolute atomic E-state index is 13.1. The number of hydrogen-bond acceptors (Lipinski definition) is 3. The Morgan fingerprint density at radius 2 is 1.69 bits per heavy atom. The van der Waals surface area contributed by atoms with E-state index in [4.69, 9.17) is 27.9 Å². The summed E-state index contributed by atoms with van der Waals surface area (Å²) in [5.41, 5.74) is 3.93. The third-order valence-electron chi connectivity index (χ3n) is 6.35. The number of carbonyl (C=O) groups is 1. The fourth-order valence-electron chi connectivity index (χ4n) is 4.44. The third-order valence-corrected chi connectivity index (χ3v) is 7.09. The number of hydrogen-bond donors (Lipinski definition) is 1. The van der Waals surface area contributed by atoms with Crippen molar-refractivity contribution in [3.63, 3.8) is 0 Å². The summed E-state index contributed by atoms with van der Waals surface area (Å²) in [5.74, 6) is 0.803. The number of para-hydroxylation sites is 1. The lowest BCUT2D eigenvalue weighted by Gasteiger charge is -2.34. The monoisotopic (exact) mass is 508 g/mol. The van der Waals surface area contributed by atoms with E-state index in [-0.39, 0.29) is 6.03 Å². The highest BCUT2D eigenvalue weighted by molar-refractivity contribution is 6.42. The average molecular weight is 509 g/mol. The van der Waals surface area contributed by atoms with Crippen molar-refractivity contribution in [3.05, 3.63) is 88.5 Å². The molecular formula is C27H26Cl2N4O2. The molecule has 2 heterocycles. The summed E-state index contributed by atoms with van der Waals surface area (Å²) < 4.78 is 7.36. The molecule has 0 atom stereocenters. The minimum Gasteiger partial charge on any atom is -0.497 e. The van der Waals surface area contributed by atoms with E-state index in [2.05, 4.69) is 20.9 Å². The molecule has 5 rings (SSSR count). The second-order valence-electron chi connectivity index (χ2n) is 8.57. The van der Waals surface area contributed by atoms with E-state index in [1.807, 2.05) is 71.8 Å². The number of rotatable bonds is 5. The van der Waals surface area contributed by atoms with Gasteiger partial charge in [-0.15, -0.1) is 0 Å². The van der Waals surface area contributed by atoms with Crippen molar-refractivity contribution in [1.82, 2.24) is 14.4 Å². The van der Waals surface area contributed by atoms with E-state index in [1.165, 1.54) is 0 Å². The van der Waals surface area contributed by atoms with Crippen molar-refractivity contribution >= 4 is 45.8 Å². The van der Waals surface area contributed by atoms with Gasteiger partial charge < -0.3 is 19.5 Å². The van der Waals surface area contributed by atoms with Gasteiger partial charge in [0.05, 0.1) is 28.4 Å². The van der Waals surface area contributed by atoms with Gasteiger partial charge in [0, 0.05) is 50.0 Å². The van der Waals surface area contributed by atoms with Crippen molar-refractivity contribution in [2.24, 2.45) is 0 Å². The van der Waals surface area contributed by atoms with Crippen LogP contribution in [0.4, 0.5) is 10.5 Å². The number of nitrogens with one attached hydrogen (secondary N) is 1. The largest absolute Gasteiger partial charge is 0.497 e. The molecule has 3 aromatic carbocycles. The molecule has 0 saturated carbocycles. The molecular weight excluding hydrogens is 483 g/mol. The maximum atomic E-state index is 13.1. The first-order valence-electron chi connectivity index (χ1n) is 11.5. The van der Waals surface area contributed by atoms with Gasteiger partial charge in [-0.3, -0.25) is 4.90 Å². The van der Waals surface area contributed by atoms with Gasteiger partial charge >= 0.3 is 6.03 Å². The van der Waals surface area contributed by atoms with E-state index < -0.39 is 0 Å². The van der Waals surface area contributed by atoms with Crippen LogP contribution in [0.2, 0.25) is 10.0 Å². The van der Waals surface area contributed by atoms with Gasteiger partial charge in [0.2, 0.25) is 0 Å². The lowest BCUT2D eigenvalue weighted by atomic mass is 10.2. The molecule has 180 valence electrons. The number of nitrogens with zero attached hydrogens (tertiary/aromatic N) is 3. The Morgan fingerprint density at radius 1 is 0.943 bits per heavy atom. The molecule has 1 aromatic heterocycles. The molecule has 1 fully saturated rings. The second-order valence-corrected chi connectivity index (χ2v) is 9.38. The number of halogens is 2. The van der Waals surface area contributed by atoms with Gasteiger partial charge in [-0.2, -0.15) is 0 Å². The molecule has 6 nitrogen and oxygen atoms in total. The van der Waals surface area contributed by atoms with Crippen LogP contribution >= 0.6 is 23.2 Å². The molecule has 4 aromatic rings. The van der Waals surface area contributed by atoms with Crippen molar-refractivity contribution < 1.29 is 9.53 Å². The number of carbonyl (C=O) groups excluding carboxylic acids is 1. The van der Waals surface area contributed by atoms with Crippen LogP contribution in [-0.2, 0) is 6.54 Å². The Bertz CT molecular complexity index is 1350. The zero-order valence-corrected chi connectivity index (χ0v) is 20.9. The van der Waals surface area contributed by atoms with Crippen LogP contribution < -0.4 is 10.1 Å². The van der Waals surface area contributed by atoms with Crippen LogP contribution in [0, 0.1) is 0 Å². The molecule has 1 saturated heterocycles. The van der Waals surface area contributed by atoms with Gasteiger partial charge in [0.1, 0.15) is 5.75 Å². The lowest BCUT2D eigenvalue weighted by Crippen LogP contribution is -2.49. The minimum absolute atomic E-state index is 0.0863. The van der Waals surface area contributed by atoms with Gasteiger partial charge in [0.25, 0.3) is 0 Å². The summed E-state index contributed by atoms with van der Waals surface area (Å²) >= 11 is 12.2. The van der Waals surface area contributed by atoms with Gasteiger partial charge in [-0.1, -0.05) is 47.5 Å². The predicted octanol–water partition coefficient (Wildman–Crippen LogP) is 6.30. The molecule has 35 heavy (non-hydrogen) atoms. The normalized spacial score (nSPS) is 14.3. The molecule has 1 aliphatic rings. The number of urea groups is 1. The van der Waals surface area contributed by atoms with Crippen LogP contribution in [0.25, 0.3) is 16.6 Å². The Hall–Kier alpha value is -3.19. The van der Waals surface area contributed by atoms with E-state index in [0.29, 0.717) is 23.1 Å². The van der Waals surface area contributed by atoms with Crippen molar-refractivity contribution in [2.45, 2.75) is 6.54 Å². The topological polar surface area (TPSA) is 49.7 Å². The molecule has 0 radical (unpaired) electrons. The molecule has 0 bridgehead atoms. The van der Waals surface area contributed by atoms with Crippen LogP contribution in [0.15, 0.2) is 72.9 Å². The first-order chi connectivity index (χ1) is 17.0. The highest BCUT2D eigenvalue weighted by Gasteiger charge is 2.22. The summed E-state index contributed by atoms with van der Waals surface area (Å²) in [4.78, 5) is 17.3.